The number of hydrogen-bond donors (Lipinski definition) is 1. The molecule has 0 spiro atoms. The summed E-state index contributed by atoms with van der Waals surface area (Å²) in [7, 11) is 0. The average molecular weight is 266 g/mol. The summed E-state index contributed by atoms with van der Waals surface area (Å²) in [6.45, 7) is 3.29. The predicted molar refractivity (Wildman–Crippen MR) is 69.3 cm³/mol. The molecule has 0 radical (unpaired) electrons. The SMILES string of the molecule is C=C(F)C(=O)OCCNc1nc2ccccc2s1. The van der Waals surface area contributed by atoms with Crippen molar-refractivity contribution in [1.82, 2.24) is 4.98 Å². The van der Waals surface area contributed by atoms with Crippen molar-refractivity contribution in [2.75, 3.05) is 18.5 Å². The van der Waals surface area contributed by atoms with Gasteiger partial charge in [-0.2, -0.15) is 4.39 Å². The van der Waals surface area contributed by atoms with Crippen molar-refractivity contribution in [3.05, 3.63) is 36.7 Å². The fourth-order valence-electron chi connectivity index (χ4n) is 1.33. The molecule has 1 heterocycles. The summed E-state index contributed by atoms with van der Waals surface area (Å²) in [5.41, 5.74) is 0.916. The molecule has 1 N–H and O–H groups in total. The minimum atomic E-state index is -1.09. The molecular weight excluding hydrogens is 255 g/mol. The lowest BCUT2D eigenvalue weighted by Gasteiger charge is -2.03. The van der Waals surface area contributed by atoms with Crippen LogP contribution in [-0.4, -0.2) is 24.1 Å². The van der Waals surface area contributed by atoms with Crippen molar-refractivity contribution < 1.29 is 13.9 Å². The first-order chi connectivity index (χ1) is 8.66. The number of hydrogen-bond acceptors (Lipinski definition) is 5. The first kappa shape index (κ1) is 12.5. The van der Waals surface area contributed by atoms with Crippen LogP contribution < -0.4 is 5.32 Å². The molecule has 94 valence electrons. The van der Waals surface area contributed by atoms with Gasteiger partial charge in [0.15, 0.2) is 5.13 Å². The standard InChI is InChI=1S/C12H11FN2O2S/c1-8(13)11(16)17-7-6-14-12-15-9-4-2-3-5-10(9)18-12/h2-5H,1,6-7H2,(H,14,15). The Labute approximate surface area is 107 Å². The topological polar surface area (TPSA) is 51.2 Å². The van der Waals surface area contributed by atoms with E-state index in [0.29, 0.717) is 6.54 Å². The maximum Gasteiger partial charge on any atom is 0.366 e. The maximum atomic E-state index is 12.3. The van der Waals surface area contributed by atoms with E-state index in [4.69, 9.17) is 0 Å². The van der Waals surface area contributed by atoms with Gasteiger partial charge in [-0.3, -0.25) is 0 Å². The zero-order chi connectivity index (χ0) is 13.0. The second-order valence-corrected chi connectivity index (χ2v) is 4.48. The Balaban J connectivity index is 1.83. The van der Waals surface area contributed by atoms with Crippen LogP contribution in [0, 0.1) is 0 Å². The van der Waals surface area contributed by atoms with Crippen LogP contribution in [0.5, 0.6) is 0 Å². The van der Waals surface area contributed by atoms with Crippen molar-refractivity contribution >= 4 is 32.7 Å². The zero-order valence-corrected chi connectivity index (χ0v) is 10.3. The highest BCUT2D eigenvalue weighted by Gasteiger charge is 2.06. The van der Waals surface area contributed by atoms with Gasteiger partial charge in [0.25, 0.3) is 0 Å². The third kappa shape index (κ3) is 3.04. The van der Waals surface area contributed by atoms with Gasteiger partial charge in [0.1, 0.15) is 6.61 Å². The second kappa shape index (κ2) is 5.59. The number of benzene rings is 1. The summed E-state index contributed by atoms with van der Waals surface area (Å²) in [5, 5.41) is 3.75. The van der Waals surface area contributed by atoms with Crippen LogP contribution in [0.25, 0.3) is 10.2 Å². The summed E-state index contributed by atoms with van der Waals surface area (Å²) in [6, 6.07) is 7.76. The van der Waals surface area contributed by atoms with Crippen LogP contribution in [0.15, 0.2) is 36.7 Å². The van der Waals surface area contributed by atoms with E-state index < -0.39 is 11.8 Å². The summed E-state index contributed by atoms with van der Waals surface area (Å²) in [6.07, 6.45) is 0. The fourth-order valence-corrected chi connectivity index (χ4v) is 2.22. The van der Waals surface area contributed by atoms with Gasteiger partial charge in [-0.15, -0.1) is 0 Å². The molecule has 1 aromatic carbocycles. The van der Waals surface area contributed by atoms with E-state index in [-0.39, 0.29) is 6.61 Å². The average Bonchev–Trinajstić information content (AvgIpc) is 2.76. The number of carbonyl (C=O) groups is 1. The Morgan fingerprint density at radius 1 is 1.50 bits per heavy atom. The van der Waals surface area contributed by atoms with Gasteiger partial charge in [-0.25, -0.2) is 9.78 Å². The van der Waals surface area contributed by atoms with Gasteiger partial charge in [0, 0.05) is 0 Å². The molecular formula is C12H11FN2O2S. The number of esters is 1. The van der Waals surface area contributed by atoms with Crippen molar-refractivity contribution in [3.8, 4) is 0 Å². The Morgan fingerprint density at radius 2 is 2.28 bits per heavy atom. The van der Waals surface area contributed by atoms with E-state index in [1.165, 1.54) is 11.3 Å². The third-order valence-electron chi connectivity index (χ3n) is 2.13. The normalized spacial score (nSPS) is 10.3. The van der Waals surface area contributed by atoms with Crippen molar-refractivity contribution in [3.63, 3.8) is 0 Å². The molecule has 0 atom stereocenters. The number of para-hydroxylation sites is 1. The molecule has 0 aliphatic carbocycles. The van der Waals surface area contributed by atoms with E-state index in [9.17, 15) is 9.18 Å². The summed E-state index contributed by atoms with van der Waals surface area (Å²) in [5.74, 6) is -2.11. The third-order valence-corrected chi connectivity index (χ3v) is 3.12. The number of halogens is 1. The lowest BCUT2D eigenvalue weighted by atomic mass is 10.3. The monoisotopic (exact) mass is 266 g/mol. The lowest BCUT2D eigenvalue weighted by molar-refractivity contribution is -0.140. The molecule has 0 bridgehead atoms. The number of ether oxygens (including phenoxy) is 1. The van der Waals surface area contributed by atoms with E-state index in [1.54, 1.807) is 0 Å². The van der Waals surface area contributed by atoms with Crippen LogP contribution in [0.4, 0.5) is 9.52 Å². The fraction of sp³-hybridized carbons (Fsp3) is 0.167. The van der Waals surface area contributed by atoms with Crippen LogP contribution in [0.1, 0.15) is 0 Å². The number of fused-ring (bicyclic) bond motifs is 1. The van der Waals surface area contributed by atoms with Gasteiger partial charge < -0.3 is 10.1 Å². The Bertz CT molecular complexity index is 549. The van der Waals surface area contributed by atoms with E-state index in [1.807, 2.05) is 24.3 Å². The van der Waals surface area contributed by atoms with Gasteiger partial charge in [-0.05, 0) is 12.1 Å². The minimum Gasteiger partial charge on any atom is -0.459 e. The van der Waals surface area contributed by atoms with E-state index in [2.05, 4.69) is 21.6 Å². The van der Waals surface area contributed by atoms with Crippen LogP contribution in [0.2, 0.25) is 0 Å². The van der Waals surface area contributed by atoms with Crippen LogP contribution >= 0.6 is 11.3 Å². The molecule has 0 unspecified atom stereocenters. The van der Waals surface area contributed by atoms with Crippen LogP contribution in [0.3, 0.4) is 0 Å². The van der Waals surface area contributed by atoms with Crippen molar-refractivity contribution in [1.29, 1.82) is 0 Å². The highest BCUT2D eigenvalue weighted by molar-refractivity contribution is 7.22. The molecule has 6 heteroatoms. The Kier molecular flexibility index (Phi) is 3.88. The van der Waals surface area contributed by atoms with Gasteiger partial charge >= 0.3 is 5.97 Å². The number of carbonyl (C=O) groups excluding carboxylic acids is 1. The number of rotatable bonds is 5. The smallest absolute Gasteiger partial charge is 0.366 e. The minimum absolute atomic E-state index is 0.0672. The molecule has 2 aromatic rings. The quantitative estimate of drug-likeness (QED) is 0.513. The van der Waals surface area contributed by atoms with Crippen molar-refractivity contribution in [2.24, 2.45) is 0 Å². The molecule has 4 nitrogen and oxygen atoms in total. The number of nitrogens with one attached hydrogen (secondary N) is 1. The van der Waals surface area contributed by atoms with E-state index >= 15 is 0 Å². The van der Waals surface area contributed by atoms with Gasteiger partial charge in [-0.1, -0.05) is 30.0 Å². The largest absolute Gasteiger partial charge is 0.459 e. The molecule has 0 aliphatic heterocycles. The molecule has 0 fully saturated rings. The first-order valence-electron chi connectivity index (χ1n) is 5.28. The van der Waals surface area contributed by atoms with Gasteiger partial charge in [0.05, 0.1) is 16.8 Å². The summed E-state index contributed by atoms with van der Waals surface area (Å²) in [4.78, 5) is 15.1. The molecule has 0 aliphatic rings. The molecule has 0 amide bonds. The highest BCUT2D eigenvalue weighted by Crippen LogP contribution is 2.24. The molecule has 2 rings (SSSR count). The van der Waals surface area contributed by atoms with E-state index in [0.717, 1.165) is 15.3 Å². The maximum absolute atomic E-state index is 12.3. The Hall–Kier alpha value is -1.95. The number of nitrogens with zero attached hydrogens (tertiary/aromatic N) is 1. The number of thiazole rings is 1. The number of anilines is 1. The molecule has 1 aromatic heterocycles. The Morgan fingerprint density at radius 3 is 3.00 bits per heavy atom. The second-order valence-electron chi connectivity index (χ2n) is 3.45. The first-order valence-corrected chi connectivity index (χ1v) is 6.09. The highest BCUT2D eigenvalue weighted by atomic mass is 32.1. The predicted octanol–water partition coefficient (Wildman–Crippen LogP) is 2.73. The van der Waals surface area contributed by atoms with Crippen molar-refractivity contribution in [2.45, 2.75) is 0 Å². The summed E-state index contributed by atoms with van der Waals surface area (Å²) < 4.78 is 18.0. The summed E-state index contributed by atoms with van der Waals surface area (Å²) >= 11 is 1.51. The molecule has 0 saturated heterocycles. The number of aromatic nitrogens is 1. The van der Waals surface area contributed by atoms with Gasteiger partial charge in [0.2, 0.25) is 5.83 Å². The van der Waals surface area contributed by atoms with Crippen LogP contribution in [-0.2, 0) is 9.53 Å². The lowest BCUT2D eigenvalue weighted by Crippen LogP contribution is -2.13. The zero-order valence-electron chi connectivity index (χ0n) is 9.48. The molecule has 0 saturated carbocycles. The molecule has 18 heavy (non-hydrogen) atoms.